The van der Waals surface area contributed by atoms with Gasteiger partial charge in [0.05, 0.1) is 11.6 Å². The quantitative estimate of drug-likeness (QED) is 0.742. The number of benzene rings is 2. The number of nitrogens with two attached hydrogens (primary N) is 1. The van der Waals surface area contributed by atoms with Crippen LogP contribution in [-0.2, 0) is 20.9 Å². The summed E-state index contributed by atoms with van der Waals surface area (Å²) in [6, 6.07) is 14.1. The molecule has 136 valence electrons. The number of hydrogen-bond donors (Lipinski definition) is 2. The molecule has 2 atom stereocenters. The molecular formula is C20H22N2O4. The molecule has 0 aliphatic carbocycles. The molecule has 0 radical (unpaired) electrons. The first-order valence-electron chi connectivity index (χ1n) is 8.26. The summed E-state index contributed by atoms with van der Waals surface area (Å²) in [5, 5.41) is 2.58. The fourth-order valence-corrected chi connectivity index (χ4v) is 2.41. The van der Waals surface area contributed by atoms with E-state index in [9.17, 15) is 14.4 Å². The number of rotatable bonds is 7. The molecule has 0 spiro atoms. The summed E-state index contributed by atoms with van der Waals surface area (Å²) < 4.78 is 5.35. The number of ketones is 1. The number of ether oxygens (including phenoxy) is 1. The Morgan fingerprint density at radius 2 is 1.65 bits per heavy atom. The van der Waals surface area contributed by atoms with Crippen molar-refractivity contribution in [3.05, 3.63) is 71.3 Å². The third kappa shape index (κ3) is 5.00. The minimum atomic E-state index is -0.964. The number of nitrogens with one attached hydrogen (secondary N) is 1. The van der Waals surface area contributed by atoms with E-state index < -0.39 is 24.0 Å². The second-order valence-electron chi connectivity index (χ2n) is 5.99. The van der Waals surface area contributed by atoms with Crippen LogP contribution in [0.15, 0.2) is 54.6 Å². The van der Waals surface area contributed by atoms with Crippen LogP contribution in [0, 0.1) is 0 Å². The summed E-state index contributed by atoms with van der Waals surface area (Å²) in [5.74, 6) is -1.34. The Morgan fingerprint density at radius 3 is 2.27 bits per heavy atom. The number of carbonyl (C=O) groups excluding carboxylic acids is 3. The number of carbonyl (C=O) groups is 3. The molecule has 6 nitrogen and oxygen atoms in total. The van der Waals surface area contributed by atoms with E-state index >= 15 is 0 Å². The number of amides is 1. The lowest BCUT2D eigenvalue weighted by atomic mass is 9.97. The van der Waals surface area contributed by atoms with E-state index in [1.165, 1.54) is 13.8 Å². The molecule has 1 unspecified atom stereocenters. The van der Waals surface area contributed by atoms with Crippen molar-refractivity contribution in [2.24, 2.45) is 5.73 Å². The van der Waals surface area contributed by atoms with Gasteiger partial charge in [0.25, 0.3) is 0 Å². The van der Waals surface area contributed by atoms with E-state index in [-0.39, 0.29) is 18.0 Å². The van der Waals surface area contributed by atoms with Crippen LogP contribution in [0.25, 0.3) is 0 Å². The molecule has 0 fully saturated rings. The fraction of sp³-hybridized carbons (Fsp3) is 0.250. The first-order chi connectivity index (χ1) is 12.4. The summed E-state index contributed by atoms with van der Waals surface area (Å²) in [5.41, 5.74) is 7.02. The second kappa shape index (κ2) is 8.92. The predicted molar refractivity (Wildman–Crippen MR) is 97.2 cm³/mol. The van der Waals surface area contributed by atoms with Crippen molar-refractivity contribution in [3.63, 3.8) is 0 Å². The van der Waals surface area contributed by atoms with Crippen LogP contribution < -0.4 is 11.1 Å². The minimum Gasteiger partial charge on any atom is -0.457 e. The molecule has 3 N–H and O–H groups in total. The monoisotopic (exact) mass is 354 g/mol. The minimum absolute atomic E-state index is 0.116. The maximum atomic E-state index is 12.5. The van der Waals surface area contributed by atoms with Crippen molar-refractivity contribution in [2.45, 2.75) is 32.5 Å². The number of hydrogen-bond acceptors (Lipinski definition) is 5. The summed E-state index contributed by atoms with van der Waals surface area (Å²) >= 11 is 0. The molecule has 0 bridgehead atoms. The fourth-order valence-electron chi connectivity index (χ4n) is 2.41. The van der Waals surface area contributed by atoms with Gasteiger partial charge >= 0.3 is 5.97 Å². The Balaban J connectivity index is 2.22. The van der Waals surface area contributed by atoms with Gasteiger partial charge in [0.1, 0.15) is 12.6 Å². The van der Waals surface area contributed by atoms with Crippen LogP contribution in [0.2, 0.25) is 0 Å². The standard InChI is InChI=1S/C20H22N2O4/c1-13(21)19(24)22-18(14(2)23)16-10-6-7-11-17(16)20(25)26-12-15-8-4-3-5-9-15/h3-11,13,18H,12,21H2,1-2H3,(H,22,24)/t13-,18?/m0/s1. The van der Waals surface area contributed by atoms with Gasteiger partial charge in [-0.1, -0.05) is 48.5 Å². The second-order valence-corrected chi connectivity index (χ2v) is 5.99. The van der Waals surface area contributed by atoms with Crippen molar-refractivity contribution < 1.29 is 19.1 Å². The molecule has 0 heterocycles. The van der Waals surface area contributed by atoms with E-state index in [2.05, 4.69) is 5.32 Å². The Labute approximate surface area is 152 Å². The zero-order chi connectivity index (χ0) is 19.1. The van der Waals surface area contributed by atoms with Crippen molar-refractivity contribution in [2.75, 3.05) is 0 Å². The highest BCUT2D eigenvalue weighted by Crippen LogP contribution is 2.21. The Hall–Kier alpha value is -2.99. The molecule has 26 heavy (non-hydrogen) atoms. The summed E-state index contributed by atoms with van der Waals surface area (Å²) in [6.45, 7) is 2.98. The average Bonchev–Trinajstić information content (AvgIpc) is 2.64. The van der Waals surface area contributed by atoms with E-state index in [0.29, 0.717) is 5.56 Å². The van der Waals surface area contributed by atoms with Gasteiger partial charge in [-0.2, -0.15) is 0 Å². The number of esters is 1. The molecule has 0 aromatic heterocycles. The van der Waals surface area contributed by atoms with Crippen molar-refractivity contribution in [3.8, 4) is 0 Å². The van der Waals surface area contributed by atoms with Gasteiger partial charge < -0.3 is 15.8 Å². The molecule has 2 rings (SSSR count). The van der Waals surface area contributed by atoms with Crippen LogP contribution in [-0.4, -0.2) is 23.7 Å². The zero-order valence-corrected chi connectivity index (χ0v) is 14.8. The molecule has 2 aromatic rings. The molecule has 0 saturated heterocycles. The van der Waals surface area contributed by atoms with Crippen LogP contribution in [0.5, 0.6) is 0 Å². The summed E-state index contributed by atoms with van der Waals surface area (Å²) in [6.07, 6.45) is 0. The predicted octanol–water partition coefficient (Wildman–Crippen LogP) is 2.14. The Bertz CT molecular complexity index is 787. The maximum absolute atomic E-state index is 12.5. The first-order valence-corrected chi connectivity index (χ1v) is 8.26. The van der Waals surface area contributed by atoms with Crippen LogP contribution in [0.4, 0.5) is 0 Å². The first kappa shape index (κ1) is 19.3. The lowest BCUT2D eigenvalue weighted by Crippen LogP contribution is -2.42. The Kier molecular flexibility index (Phi) is 6.63. The van der Waals surface area contributed by atoms with Gasteiger partial charge in [-0.3, -0.25) is 9.59 Å². The topological polar surface area (TPSA) is 98.5 Å². The largest absolute Gasteiger partial charge is 0.457 e. The molecule has 2 aromatic carbocycles. The SMILES string of the molecule is CC(=O)C(NC(=O)[C@H](C)N)c1ccccc1C(=O)OCc1ccccc1. The van der Waals surface area contributed by atoms with Crippen molar-refractivity contribution in [1.29, 1.82) is 0 Å². The molecule has 0 aliphatic heterocycles. The normalized spacial score (nSPS) is 12.7. The van der Waals surface area contributed by atoms with E-state index in [1.54, 1.807) is 24.3 Å². The summed E-state index contributed by atoms with van der Waals surface area (Å²) in [7, 11) is 0. The lowest BCUT2D eigenvalue weighted by Gasteiger charge is -2.20. The van der Waals surface area contributed by atoms with Gasteiger partial charge in [-0.25, -0.2) is 4.79 Å². The van der Waals surface area contributed by atoms with E-state index in [1.807, 2.05) is 30.3 Å². The molecule has 0 aliphatic rings. The number of Topliss-reactive ketones (excluding diaryl/α,β-unsaturated/α-hetero) is 1. The van der Waals surface area contributed by atoms with Gasteiger partial charge in [0.15, 0.2) is 5.78 Å². The molecule has 1 amide bonds. The van der Waals surface area contributed by atoms with E-state index in [0.717, 1.165) is 5.56 Å². The van der Waals surface area contributed by atoms with Gasteiger partial charge in [0.2, 0.25) is 5.91 Å². The van der Waals surface area contributed by atoms with Gasteiger partial charge in [-0.05, 0) is 31.0 Å². The average molecular weight is 354 g/mol. The Morgan fingerprint density at radius 1 is 1.04 bits per heavy atom. The molecule has 0 saturated carbocycles. The van der Waals surface area contributed by atoms with Crippen molar-refractivity contribution >= 4 is 17.7 Å². The van der Waals surface area contributed by atoms with Crippen LogP contribution in [0.3, 0.4) is 0 Å². The third-order valence-corrected chi connectivity index (χ3v) is 3.81. The highest BCUT2D eigenvalue weighted by molar-refractivity contribution is 5.96. The van der Waals surface area contributed by atoms with Gasteiger partial charge in [-0.15, -0.1) is 0 Å². The summed E-state index contributed by atoms with van der Waals surface area (Å²) in [4.78, 5) is 36.5. The van der Waals surface area contributed by atoms with Crippen molar-refractivity contribution in [1.82, 2.24) is 5.32 Å². The van der Waals surface area contributed by atoms with E-state index in [4.69, 9.17) is 10.5 Å². The highest BCUT2D eigenvalue weighted by atomic mass is 16.5. The molecular weight excluding hydrogens is 332 g/mol. The maximum Gasteiger partial charge on any atom is 0.338 e. The highest BCUT2D eigenvalue weighted by Gasteiger charge is 2.25. The lowest BCUT2D eigenvalue weighted by molar-refractivity contribution is -0.127. The van der Waals surface area contributed by atoms with Gasteiger partial charge in [0, 0.05) is 0 Å². The molecule has 6 heteroatoms. The smallest absolute Gasteiger partial charge is 0.338 e. The van der Waals surface area contributed by atoms with Crippen LogP contribution in [0.1, 0.15) is 41.4 Å². The van der Waals surface area contributed by atoms with Crippen LogP contribution >= 0.6 is 0 Å². The third-order valence-electron chi connectivity index (χ3n) is 3.81. The zero-order valence-electron chi connectivity index (χ0n) is 14.8.